The van der Waals surface area contributed by atoms with Gasteiger partial charge in [-0.2, -0.15) is 0 Å². The topological polar surface area (TPSA) is 70.1 Å². The zero-order valence-corrected chi connectivity index (χ0v) is 20.6. The number of nitrogens with one attached hydrogen (secondary N) is 1. The standard InChI is InChI=1S/C25H41N5O2/c1-6-26-23(27-14-11-20-8-7-19(2)28-17-20)29-15-12-22(13-16-29)30(18-21-9-10-21)24(31)32-25(3,4)5/h7-8,17,21-22H,6,9-16,18H2,1-5H3,(H,26,27). The molecule has 7 heteroatoms. The molecule has 1 saturated carbocycles. The number of aryl methyl sites for hydroxylation is 1. The Balaban J connectivity index is 1.56. The molecule has 2 heterocycles. The first-order valence-corrected chi connectivity index (χ1v) is 12.2. The van der Waals surface area contributed by atoms with E-state index in [2.05, 4.69) is 28.2 Å². The van der Waals surface area contributed by atoms with Crippen LogP contribution in [0.15, 0.2) is 23.3 Å². The Bertz CT molecular complexity index is 760. The van der Waals surface area contributed by atoms with Crippen molar-refractivity contribution in [3.8, 4) is 0 Å². The van der Waals surface area contributed by atoms with Crippen molar-refractivity contribution in [2.24, 2.45) is 10.9 Å². The number of carbonyl (C=O) groups excluding carboxylic acids is 1. The van der Waals surface area contributed by atoms with Crippen LogP contribution in [0.5, 0.6) is 0 Å². The fraction of sp³-hybridized carbons (Fsp3) is 0.720. The molecule has 178 valence electrons. The number of carbonyl (C=O) groups is 1. The number of amides is 1. The molecule has 2 fully saturated rings. The molecular weight excluding hydrogens is 402 g/mol. The van der Waals surface area contributed by atoms with Crippen molar-refractivity contribution < 1.29 is 9.53 Å². The van der Waals surface area contributed by atoms with E-state index in [4.69, 9.17) is 9.73 Å². The van der Waals surface area contributed by atoms with Gasteiger partial charge in [0.1, 0.15) is 5.60 Å². The molecule has 0 unspecified atom stereocenters. The van der Waals surface area contributed by atoms with Crippen LogP contribution < -0.4 is 5.32 Å². The Kier molecular flexibility index (Phi) is 8.38. The van der Waals surface area contributed by atoms with Gasteiger partial charge < -0.3 is 19.9 Å². The fourth-order valence-corrected chi connectivity index (χ4v) is 4.02. The molecule has 0 spiro atoms. The summed E-state index contributed by atoms with van der Waals surface area (Å²) in [5, 5.41) is 3.44. The highest BCUT2D eigenvalue weighted by Crippen LogP contribution is 2.32. The maximum atomic E-state index is 12.9. The number of guanidine groups is 1. The lowest BCUT2D eigenvalue weighted by Gasteiger charge is -2.40. The number of pyridine rings is 1. The Morgan fingerprint density at radius 1 is 1.25 bits per heavy atom. The van der Waals surface area contributed by atoms with Crippen LogP contribution in [0.4, 0.5) is 4.79 Å². The van der Waals surface area contributed by atoms with Crippen molar-refractivity contribution in [3.63, 3.8) is 0 Å². The SMILES string of the molecule is CCNC(=NCCc1ccc(C)nc1)N1CCC(N(CC2CC2)C(=O)OC(C)(C)C)CC1. The first-order valence-electron chi connectivity index (χ1n) is 12.2. The van der Waals surface area contributed by atoms with Crippen LogP contribution >= 0.6 is 0 Å². The summed E-state index contributed by atoms with van der Waals surface area (Å²) >= 11 is 0. The number of aromatic nitrogens is 1. The summed E-state index contributed by atoms with van der Waals surface area (Å²) in [5.41, 5.74) is 1.79. The van der Waals surface area contributed by atoms with E-state index >= 15 is 0 Å². The average molecular weight is 444 g/mol. The van der Waals surface area contributed by atoms with Crippen molar-refractivity contribution in [1.82, 2.24) is 20.1 Å². The molecule has 0 bridgehead atoms. The highest BCUT2D eigenvalue weighted by Gasteiger charge is 2.35. The van der Waals surface area contributed by atoms with Gasteiger partial charge in [0.15, 0.2) is 5.96 Å². The molecule has 1 aromatic heterocycles. The smallest absolute Gasteiger partial charge is 0.410 e. The van der Waals surface area contributed by atoms with E-state index in [1.54, 1.807) is 0 Å². The van der Waals surface area contributed by atoms with Crippen LogP contribution in [0.2, 0.25) is 0 Å². The summed E-state index contributed by atoms with van der Waals surface area (Å²) in [4.78, 5) is 26.5. The van der Waals surface area contributed by atoms with Crippen LogP contribution in [0.25, 0.3) is 0 Å². The van der Waals surface area contributed by atoms with E-state index < -0.39 is 5.60 Å². The maximum Gasteiger partial charge on any atom is 0.410 e. The third-order valence-corrected chi connectivity index (χ3v) is 5.95. The third kappa shape index (κ3) is 7.68. The molecule has 1 aromatic rings. The molecule has 1 aliphatic heterocycles. The van der Waals surface area contributed by atoms with Crippen LogP contribution in [-0.2, 0) is 11.2 Å². The first kappa shape index (κ1) is 24.3. The van der Waals surface area contributed by atoms with Gasteiger partial charge in [-0.15, -0.1) is 0 Å². The number of hydrogen-bond donors (Lipinski definition) is 1. The number of piperidine rings is 1. The average Bonchev–Trinajstić information content (AvgIpc) is 3.56. The lowest BCUT2D eigenvalue weighted by molar-refractivity contribution is 0.00928. The van der Waals surface area contributed by atoms with Crippen molar-refractivity contribution in [2.75, 3.05) is 32.7 Å². The minimum absolute atomic E-state index is 0.157. The van der Waals surface area contributed by atoms with E-state index in [9.17, 15) is 4.79 Å². The predicted molar refractivity (Wildman–Crippen MR) is 129 cm³/mol. The van der Waals surface area contributed by atoms with E-state index in [0.717, 1.165) is 63.6 Å². The van der Waals surface area contributed by atoms with Gasteiger partial charge in [-0.1, -0.05) is 6.07 Å². The minimum Gasteiger partial charge on any atom is -0.444 e. The van der Waals surface area contributed by atoms with E-state index in [0.29, 0.717) is 5.92 Å². The monoisotopic (exact) mass is 443 g/mol. The summed E-state index contributed by atoms with van der Waals surface area (Å²) in [6.45, 7) is 14.1. The van der Waals surface area contributed by atoms with Crippen LogP contribution in [0.3, 0.4) is 0 Å². The van der Waals surface area contributed by atoms with Crippen LogP contribution in [0, 0.1) is 12.8 Å². The Hall–Kier alpha value is -2.31. The summed E-state index contributed by atoms with van der Waals surface area (Å²) in [6, 6.07) is 4.41. The lowest BCUT2D eigenvalue weighted by Crippen LogP contribution is -2.52. The second-order valence-electron chi connectivity index (χ2n) is 10.1. The van der Waals surface area contributed by atoms with Gasteiger partial charge in [-0.3, -0.25) is 9.98 Å². The highest BCUT2D eigenvalue weighted by atomic mass is 16.6. The van der Waals surface area contributed by atoms with Crippen molar-refractivity contribution in [2.45, 2.75) is 78.4 Å². The second-order valence-corrected chi connectivity index (χ2v) is 10.1. The predicted octanol–water partition coefficient (Wildman–Crippen LogP) is 4.01. The molecule has 1 N–H and O–H groups in total. The minimum atomic E-state index is -0.461. The van der Waals surface area contributed by atoms with Gasteiger partial charge >= 0.3 is 6.09 Å². The second kappa shape index (κ2) is 11.0. The quantitative estimate of drug-likeness (QED) is 0.509. The van der Waals surface area contributed by atoms with Gasteiger partial charge in [0.2, 0.25) is 0 Å². The van der Waals surface area contributed by atoms with Crippen LogP contribution in [0.1, 0.15) is 64.6 Å². The molecule has 0 radical (unpaired) electrons. The van der Waals surface area contributed by atoms with Gasteiger partial charge in [0.05, 0.1) is 0 Å². The Labute approximate surface area is 193 Å². The van der Waals surface area contributed by atoms with E-state index in [1.807, 2.05) is 44.9 Å². The number of ether oxygens (including phenoxy) is 1. The normalized spacial score (nSPS) is 17.9. The molecule has 1 aliphatic carbocycles. The molecule has 0 atom stereocenters. The highest BCUT2D eigenvalue weighted by molar-refractivity contribution is 5.80. The molecule has 1 amide bonds. The maximum absolute atomic E-state index is 12.9. The van der Waals surface area contributed by atoms with Crippen molar-refractivity contribution in [1.29, 1.82) is 0 Å². The van der Waals surface area contributed by atoms with Gasteiger partial charge in [-0.05, 0) is 84.3 Å². The summed E-state index contributed by atoms with van der Waals surface area (Å²) < 4.78 is 5.73. The number of rotatable bonds is 7. The molecule has 0 aromatic carbocycles. The van der Waals surface area contributed by atoms with Gasteiger partial charge in [-0.25, -0.2) is 4.79 Å². The van der Waals surface area contributed by atoms with Crippen molar-refractivity contribution >= 4 is 12.1 Å². The molecule has 3 rings (SSSR count). The number of nitrogens with zero attached hydrogens (tertiary/aromatic N) is 4. The van der Waals surface area contributed by atoms with E-state index in [-0.39, 0.29) is 12.1 Å². The summed E-state index contributed by atoms with van der Waals surface area (Å²) in [6.07, 6.45) is 7.00. The van der Waals surface area contributed by atoms with Crippen molar-refractivity contribution in [3.05, 3.63) is 29.6 Å². The zero-order valence-electron chi connectivity index (χ0n) is 20.6. The number of aliphatic imine (C=N–C) groups is 1. The van der Waals surface area contributed by atoms with Gasteiger partial charge in [0.25, 0.3) is 0 Å². The molecule has 1 saturated heterocycles. The number of hydrogen-bond acceptors (Lipinski definition) is 4. The fourth-order valence-electron chi connectivity index (χ4n) is 4.02. The third-order valence-electron chi connectivity index (χ3n) is 5.95. The Morgan fingerprint density at radius 2 is 1.97 bits per heavy atom. The molecular formula is C25H41N5O2. The zero-order chi connectivity index (χ0) is 23.1. The molecule has 7 nitrogen and oxygen atoms in total. The molecule has 2 aliphatic rings. The molecule has 32 heavy (non-hydrogen) atoms. The number of likely N-dealkylation sites (tertiary alicyclic amines) is 1. The van der Waals surface area contributed by atoms with E-state index in [1.165, 1.54) is 18.4 Å². The van der Waals surface area contributed by atoms with Gasteiger partial charge in [0, 0.05) is 50.7 Å². The first-order chi connectivity index (χ1) is 15.2. The summed E-state index contributed by atoms with van der Waals surface area (Å²) in [7, 11) is 0. The largest absolute Gasteiger partial charge is 0.444 e. The lowest BCUT2D eigenvalue weighted by atomic mass is 10.0. The summed E-state index contributed by atoms with van der Waals surface area (Å²) in [5.74, 6) is 1.62. The Morgan fingerprint density at radius 3 is 2.53 bits per heavy atom. The van der Waals surface area contributed by atoms with Crippen LogP contribution in [-0.4, -0.2) is 71.2 Å².